The van der Waals surface area contributed by atoms with Crippen LogP contribution in [0.25, 0.3) is 0 Å². The van der Waals surface area contributed by atoms with Gasteiger partial charge in [-0.05, 0) is 24.6 Å². The van der Waals surface area contributed by atoms with Crippen LogP contribution >= 0.6 is 0 Å². The molecule has 0 atom stereocenters. The van der Waals surface area contributed by atoms with Gasteiger partial charge in [-0.1, -0.05) is 12.1 Å². The van der Waals surface area contributed by atoms with E-state index in [1.165, 1.54) is 11.3 Å². The van der Waals surface area contributed by atoms with Crippen LogP contribution in [0.2, 0.25) is 0 Å². The molecule has 0 aliphatic carbocycles. The monoisotopic (exact) mass is 150 g/mol. The zero-order valence-corrected chi connectivity index (χ0v) is 7.26. The van der Waals surface area contributed by atoms with Crippen LogP contribution < -0.4 is 10.4 Å². The minimum atomic E-state index is 1.19. The third kappa shape index (κ3) is 1.95. The lowest BCUT2D eigenvalue weighted by Crippen LogP contribution is -2.30. The number of anilines is 1. The van der Waals surface area contributed by atoms with Crippen molar-refractivity contribution in [3.63, 3.8) is 0 Å². The average molecular weight is 150 g/mol. The fraction of sp³-hybridized carbons (Fsp3) is 0.333. The molecule has 0 aromatic heterocycles. The van der Waals surface area contributed by atoms with E-state index in [1.807, 2.05) is 19.1 Å². The molecule has 0 unspecified atom stereocenters. The van der Waals surface area contributed by atoms with Crippen LogP contribution in [-0.2, 0) is 0 Å². The van der Waals surface area contributed by atoms with Gasteiger partial charge in [-0.2, -0.15) is 0 Å². The third-order valence-corrected chi connectivity index (χ3v) is 1.72. The fourth-order valence-electron chi connectivity index (χ4n) is 0.966. The van der Waals surface area contributed by atoms with Crippen LogP contribution in [0.3, 0.4) is 0 Å². The summed E-state index contributed by atoms with van der Waals surface area (Å²) in [5.74, 6) is 0. The highest BCUT2D eigenvalue weighted by atomic mass is 15.5. The molecule has 2 nitrogen and oxygen atoms in total. The Hall–Kier alpha value is -1.02. The molecule has 0 fully saturated rings. The summed E-state index contributed by atoms with van der Waals surface area (Å²) in [6.45, 7) is 2.09. The number of nitrogens with one attached hydrogen (secondary N) is 1. The third-order valence-electron chi connectivity index (χ3n) is 1.72. The van der Waals surface area contributed by atoms with Gasteiger partial charge in [-0.15, -0.1) is 0 Å². The Kier molecular flexibility index (Phi) is 2.49. The molecule has 0 heterocycles. The van der Waals surface area contributed by atoms with E-state index in [0.717, 1.165) is 0 Å². The summed E-state index contributed by atoms with van der Waals surface area (Å²) in [4.78, 5) is 0. The van der Waals surface area contributed by atoms with E-state index in [0.29, 0.717) is 0 Å². The molecule has 0 spiro atoms. The summed E-state index contributed by atoms with van der Waals surface area (Å²) in [5, 5.41) is 1.98. The zero-order chi connectivity index (χ0) is 8.27. The number of benzene rings is 1. The molecule has 11 heavy (non-hydrogen) atoms. The SMILES string of the molecule is CNN(C)c1cccc(C)c1. The molecule has 0 saturated carbocycles. The minimum absolute atomic E-state index is 1.19. The van der Waals surface area contributed by atoms with E-state index < -0.39 is 0 Å². The Bertz CT molecular complexity index is 233. The Balaban J connectivity index is 2.86. The fourth-order valence-corrected chi connectivity index (χ4v) is 0.966. The number of hydrogen-bond acceptors (Lipinski definition) is 2. The number of rotatable bonds is 2. The predicted octanol–water partition coefficient (Wildman–Crippen LogP) is 1.57. The van der Waals surface area contributed by atoms with Gasteiger partial charge in [0.25, 0.3) is 0 Å². The maximum Gasteiger partial charge on any atom is 0.0518 e. The van der Waals surface area contributed by atoms with E-state index in [-0.39, 0.29) is 0 Å². The first-order valence-electron chi connectivity index (χ1n) is 3.72. The quantitative estimate of drug-likeness (QED) is 0.644. The smallest absolute Gasteiger partial charge is 0.0518 e. The molecule has 0 aliphatic heterocycles. The van der Waals surface area contributed by atoms with Gasteiger partial charge >= 0.3 is 0 Å². The number of hydrazine groups is 1. The molecular formula is C9H14N2. The van der Waals surface area contributed by atoms with Gasteiger partial charge in [0.05, 0.1) is 5.69 Å². The molecule has 0 bridgehead atoms. The van der Waals surface area contributed by atoms with Crippen molar-refractivity contribution in [2.24, 2.45) is 0 Å². The molecule has 1 aromatic carbocycles. The van der Waals surface area contributed by atoms with Crippen molar-refractivity contribution in [1.29, 1.82) is 0 Å². The Morgan fingerprint density at radius 3 is 2.64 bits per heavy atom. The highest BCUT2D eigenvalue weighted by Gasteiger charge is 1.95. The van der Waals surface area contributed by atoms with Gasteiger partial charge in [0.15, 0.2) is 0 Å². The number of nitrogens with zero attached hydrogens (tertiary/aromatic N) is 1. The predicted molar refractivity (Wildman–Crippen MR) is 48.6 cm³/mol. The van der Waals surface area contributed by atoms with E-state index in [9.17, 15) is 0 Å². The van der Waals surface area contributed by atoms with Crippen molar-refractivity contribution in [1.82, 2.24) is 5.43 Å². The van der Waals surface area contributed by atoms with Crippen LogP contribution in [-0.4, -0.2) is 14.1 Å². The van der Waals surface area contributed by atoms with Gasteiger partial charge in [0.1, 0.15) is 0 Å². The lowest BCUT2D eigenvalue weighted by Gasteiger charge is -2.17. The lowest BCUT2D eigenvalue weighted by atomic mass is 10.2. The molecule has 0 saturated heterocycles. The Morgan fingerprint density at radius 2 is 2.09 bits per heavy atom. The Morgan fingerprint density at radius 1 is 1.36 bits per heavy atom. The average Bonchev–Trinajstić information content (AvgIpc) is 2.03. The molecule has 0 amide bonds. The highest BCUT2D eigenvalue weighted by Crippen LogP contribution is 2.11. The van der Waals surface area contributed by atoms with Gasteiger partial charge in [0, 0.05) is 14.1 Å². The molecule has 2 heteroatoms. The molecule has 1 aromatic rings. The molecule has 0 radical (unpaired) electrons. The van der Waals surface area contributed by atoms with E-state index in [1.54, 1.807) is 0 Å². The number of aryl methyl sites for hydroxylation is 1. The van der Waals surface area contributed by atoms with Gasteiger partial charge in [0.2, 0.25) is 0 Å². The summed E-state index contributed by atoms with van der Waals surface area (Å²) in [5.41, 5.74) is 5.51. The van der Waals surface area contributed by atoms with Crippen LogP contribution in [0.5, 0.6) is 0 Å². The summed E-state index contributed by atoms with van der Waals surface area (Å²) in [6, 6.07) is 8.35. The number of hydrogen-bond donors (Lipinski definition) is 1. The van der Waals surface area contributed by atoms with Crippen LogP contribution in [0, 0.1) is 6.92 Å². The first kappa shape index (κ1) is 8.08. The normalized spacial score (nSPS) is 9.73. The second kappa shape index (κ2) is 3.39. The maximum absolute atomic E-state index is 3.04. The minimum Gasteiger partial charge on any atom is -0.312 e. The van der Waals surface area contributed by atoms with Gasteiger partial charge in [-0.3, -0.25) is 0 Å². The van der Waals surface area contributed by atoms with Gasteiger partial charge in [-0.25, -0.2) is 5.43 Å². The highest BCUT2D eigenvalue weighted by molar-refractivity contribution is 5.46. The summed E-state index contributed by atoms with van der Waals surface area (Å²) < 4.78 is 0. The molecule has 60 valence electrons. The second-order valence-corrected chi connectivity index (χ2v) is 2.62. The largest absolute Gasteiger partial charge is 0.312 e. The van der Waals surface area contributed by atoms with E-state index >= 15 is 0 Å². The van der Waals surface area contributed by atoms with Crippen molar-refractivity contribution >= 4 is 5.69 Å². The summed E-state index contributed by atoms with van der Waals surface area (Å²) >= 11 is 0. The van der Waals surface area contributed by atoms with Crippen LogP contribution in [0.1, 0.15) is 5.56 Å². The van der Waals surface area contributed by atoms with E-state index in [2.05, 4.69) is 36.6 Å². The molecule has 1 rings (SSSR count). The molecule has 0 aliphatic rings. The van der Waals surface area contributed by atoms with Crippen LogP contribution in [0.15, 0.2) is 24.3 Å². The standard InChI is InChI=1S/C9H14N2/c1-8-5-4-6-9(7-8)11(3)10-2/h4-7,10H,1-3H3. The molecule has 1 N–H and O–H groups in total. The maximum atomic E-state index is 3.04. The van der Waals surface area contributed by atoms with E-state index in [4.69, 9.17) is 0 Å². The summed E-state index contributed by atoms with van der Waals surface area (Å²) in [6.07, 6.45) is 0. The van der Waals surface area contributed by atoms with Crippen molar-refractivity contribution in [2.45, 2.75) is 6.92 Å². The van der Waals surface area contributed by atoms with Crippen molar-refractivity contribution < 1.29 is 0 Å². The zero-order valence-electron chi connectivity index (χ0n) is 7.26. The lowest BCUT2D eigenvalue weighted by molar-refractivity contribution is 0.791. The first-order chi connectivity index (χ1) is 5.24. The summed E-state index contributed by atoms with van der Waals surface area (Å²) in [7, 11) is 3.90. The van der Waals surface area contributed by atoms with Gasteiger partial charge < -0.3 is 5.01 Å². The van der Waals surface area contributed by atoms with Crippen molar-refractivity contribution in [3.05, 3.63) is 29.8 Å². The van der Waals surface area contributed by atoms with Crippen molar-refractivity contribution in [2.75, 3.05) is 19.1 Å². The topological polar surface area (TPSA) is 15.3 Å². The first-order valence-corrected chi connectivity index (χ1v) is 3.72. The molecular weight excluding hydrogens is 136 g/mol. The van der Waals surface area contributed by atoms with Crippen LogP contribution in [0.4, 0.5) is 5.69 Å². The Labute approximate surface area is 67.8 Å². The van der Waals surface area contributed by atoms with Crippen molar-refractivity contribution in [3.8, 4) is 0 Å². The second-order valence-electron chi connectivity index (χ2n) is 2.62.